The van der Waals surface area contributed by atoms with Gasteiger partial charge in [-0.05, 0) is 70.6 Å². The second kappa shape index (κ2) is 37.3. The third-order valence-electron chi connectivity index (χ3n) is 7.94. The maximum absolute atomic E-state index is 12.6. The van der Waals surface area contributed by atoms with Crippen LogP contribution >= 0.6 is 7.82 Å². The zero-order valence-corrected chi connectivity index (χ0v) is 33.9. The van der Waals surface area contributed by atoms with Crippen LogP contribution in [0.4, 0.5) is 0 Å². The van der Waals surface area contributed by atoms with Gasteiger partial charge in [-0.3, -0.25) is 18.6 Å². The number of phosphoric acid groups is 1. The van der Waals surface area contributed by atoms with E-state index in [0.29, 0.717) is 19.3 Å². The van der Waals surface area contributed by atoms with Crippen LogP contribution in [0.25, 0.3) is 0 Å². The van der Waals surface area contributed by atoms with Crippen molar-refractivity contribution in [2.45, 2.75) is 154 Å². The molecule has 0 heterocycles. The van der Waals surface area contributed by atoms with Gasteiger partial charge in [0.05, 0.1) is 25.9 Å². The average molecular weight is 783 g/mol. The lowest BCUT2D eigenvalue weighted by Gasteiger charge is -2.20. The summed E-state index contributed by atoms with van der Waals surface area (Å²) >= 11 is 0. The molecule has 12 heteroatoms. The number of esters is 2. The second-order valence-electron chi connectivity index (χ2n) is 13.1. The molecule has 0 aromatic heterocycles. The minimum Gasteiger partial charge on any atom is -0.462 e. The first-order valence-electron chi connectivity index (χ1n) is 20.0. The Balaban J connectivity index is 4.45. The highest BCUT2D eigenvalue weighted by Gasteiger charge is 2.27. The van der Waals surface area contributed by atoms with Gasteiger partial charge < -0.3 is 29.7 Å². The molecule has 54 heavy (non-hydrogen) atoms. The van der Waals surface area contributed by atoms with Crippen LogP contribution in [0.3, 0.4) is 0 Å². The van der Waals surface area contributed by atoms with E-state index in [0.717, 1.165) is 89.9 Å². The van der Waals surface area contributed by atoms with E-state index in [-0.39, 0.29) is 19.4 Å². The molecule has 0 fully saturated rings. The van der Waals surface area contributed by atoms with Crippen molar-refractivity contribution < 1.29 is 52.9 Å². The Labute approximate surface area is 325 Å². The maximum Gasteiger partial charge on any atom is 0.472 e. The summed E-state index contributed by atoms with van der Waals surface area (Å²) in [6.45, 7) is 1.96. The second-order valence-corrected chi connectivity index (χ2v) is 14.5. The lowest BCUT2D eigenvalue weighted by atomic mass is 10.1. The van der Waals surface area contributed by atoms with E-state index >= 15 is 0 Å². The van der Waals surface area contributed by atoms with Crippen LogP contribution in [0, 0.1) is 0 Å². The highest BCUT2D eigenvalue weighted by Crippen LogP contribution is 2.43. The van der Waals surface area contributed by atoms with Crippen molar-refractivity contribution in [3.63, 3.8) is 0 Å². The summed E-state index contributed by atoms with van der Waals surface area (Å²) in [4.78, 5) is 34.9. The fraction of sp³-hybridized carbons (Fsp3) is 0.667. The van der Waals surface area contributed by atoms with E-state index in [4.69, 9.17) is 19.1 Å². The fourth-order valence-electron chi connectivity index (χ4n) is 4.86. The van der Waals surface area contributed by atoms with Crippen molar-refractivity contribution >= 4 is 19.8 Å². The van der Waals surface area contributed by atoms with E-state index in [1.807, 2.05) is 24.3 Å². The third-order valence-corrected chi connectivity index (χ3v) is 8.89. The number of carbonyl (C=O) groups excluding carboxylic acids is 2. The molecule has 0 spiro atoms. The number of aliphatic hydroxyl groups is 3. The largest absolute Gasteiger partial charge is 0.472 e. The molecule has 310 valence electrons. The monoisotopic (exact) mass is 782 g/mol. The van der Waals surface area contributed by atoms with Crippen LogP contribution in [-0.2, 0) is 32.7 Å². The summed E-state index contributed by atoms with van der Waals surface area (Å²) < 4.78 is 32.6. The molecule has 2 unspecified atom stereocenters. The molecule has 0 amide bonds. The molecular weight excluding hydrogens is 711 g/mol. The third kappa shape index (κ3) is 36.4. The minimum absolute atomic E-state index is 0.146. The molecular formula is C42H71O11P. The van der Waals surface area contributed by atoms with Crippen LogP contribution in [-0.4, -0.2) is 76.9 Å². The SMILES string of the molecule is CC/C=C\C/C=C\C/C=C\CCCCCCCC(=O)O[C@H](COC(=O)CCCCCCC/C=C/C=C/C(O)C/C=C/CC)COP(=O)(O)OC[C@@H](O)CO. The first-order chi connectivity index (χ1) is 26.1. The van der Waals surface area contributed by atoms with Gasteiger partial charge >= 0.3 is 19.8 Å². The van der Waals surface area contributed by atoms with Crippen LogP contribution < -0.4 is 0 Å². The molecule has 11 nitrogen and oxygen atoms in total. The van der Waals surface area contributed by atoms with Crippen molar-refractivity contribution in [1.82, 2.24) is 0 Å². The number of carbonyl (C=O) groups is 2. The van der Waals surface area contributed by atoms with Crippen LogP contribution in [0.5, 0.6) is 0 Å². The number of hydrogen-bond donors (Lipinski definition) is 4. The predicted octanol–water partition coefficient (Wildman–Crippen LogP) is 9.08. The van der Waals surface area contributed by atoms with E-state index in [1.165, 1.54) is 0 Å². The summed E-state index contributed by atoms with van der Waals surface area (Å²) in [5.74, 6) is -1.01. The van der Waals surface area contributed by atoms with Gasteiger partial charge in [0.2, 0.25) is 0 Å². The van der Waals surface area contributed by atoms with Gasteiger partial charge in [0.1, 0.15) is 12.7 Å². The molecule has 0 radical (unpaired) electrons. The quantitative estimate of drug-likeness (QED) is 0.0157. The zero-order chi connectivity index (χ0) is 40.0. The summed E-state index contributed by atoms with van der Waals surface area (Å²) in [7, 11) is -4.64. The summed E-state index contributed by atoms with van der Waals surface area (Å²) in [6, 6.07) is 0. The number of unbranched alkanes of at least 4 members (excludes halogenated alkanes) is 10. The normalized spacial score (nSPS) is 15.3. The number of allylic oxidation sites excluding steroid dienone is 10. The number of phosphoric ester groups is 1. The van der Waals surface area contributed by atoms with Gasteiger partial charge in [0.25, 0.3) is 0 Å². The summed E-state index contributed by atoms with van der Waals surface area (Å²) in [5, 5.41) is 28.1. The standard InChI is InChI=1S/C42H71O11P/c1-3-5-7-8-9-10-11-12-13-14-15-18-22-25-29-33-42(47)53-40(37-52-54(48,49)51-35-39(45)34-43)36-50-41(46)32-28-24-21-19-16-17-20-23-27-31-38(44)30-26-6-4-2/h5-7,9-10,12-13,20,23,26-27,31,38-40,43-45H,3-4,8,11,14-19,21-22,24-25,28-30,32-37H2,1-2H3,(H,48,49)/b7-5-,10-9-,13-12-,23-20+,26-6+,31-27+/t38?,39-,40+/m0/s1. The summed E-state index contributed by atoms with van der Waals surface area (Å²) in [5.41, 5.74) is 0. The highest BCUT2D eigenvalue weighted by molar-refractivity contribution is 7.47. The molecule has 0 aliphatic rings. The molecule has 0 bridgehead atoms. The van der Waals surface area contributed by atoms with Gasteiger partial charge in [-0.2, -0.15) is 0 Å². The van der Waals surface area contributed by atoms with Crippen LogP contribution in [0.15, 0.2) is 72.9 Å². The molecule has 0 saturated heterocycles. The Morgan fingerprint density at radius 2 is 1.17 bits per heavy atom. The highest BCUT2D eigenvalue weighted by atomic mass is 31.2. The topological polar surface area (TPSA) is 169 Å². The fourth-order valence-corrected chi connectivity index (χ4v) is 5.65. The Hall–Kier alpha value is -2.63. The Morgan fingerprint density at radius 1 is 0.630 bits per heavy atom. The Kier molecular flexibility index (Phi) is 35.5. The number of hydrogen-bond acceptors (Lipinski definition) is 10. The molecule has 4 N–H and O–H groups in total. The van der Waals surface area contributed by atoms with Crippen molar-refractivity contribution in [2.75, 3.05) is 26.4 Å². The smallest absolute Gasteiger partial charge is 0.462 e. The zero-order valence-electron chi connectivity index (χ0n) is 33.0. The van der Waals surface area contributed by atoms with Crippen LogP contribution in [0.1, 0.15) is 136 Å². The number of ether oxygens (including phenoxy) is 2. The molecule has 0 aromatic carbocycles. The number of aliphatic hydroxyl groups excluding tert-OH is 3. The van der Waals surface area contributed by atoms with E-state index in [2.05, 4.69) is 60.9 Å². The molecule has 0 aromatic rings. The Morgan fingerprint density at radius 3 is 1.81 bits per heavy atom. The molecule has 4 atom stereocenters. The van der Waals surface area contributed by atoms with E-state index in [9.17, 15) is 29.3 Å². The minimum atomic E-state index is -4.64. The average Bonchev–Trinajstić information content (AvgIpc) is 3.15. The first-order valence-corrected chi connectivity index (χ1v) is 21.5. The predicted molar refractivity (Wildman–Crippen MR) is 216 cm³/mol. The van der Waals surface area contributed by atoms with E-state index < -0.39 is 57.9 Å². The van der Waals surface area contributed by atoms with Crippen molar-refractivity contribution in [3.05, 3.63) is 72.9 Å². The van der Waals surface area contributed by atoms with Crippen molar-refractivity contribution in [3.8, 4) is 0 Å². The summed E-state index contributed by atoms with van der Waals surface area (Å²) in [6.07, 6.45) is 37.7. The van der Waals surface area contributed by atoms with Gasteiger partial charge in [0.15, 0.2) is 6.10 Å². The van der Waals surface area contributed by atoms with E-state index in [1.54, 1.807) is 6.08 Å². The molecule has 0 aliphatic heterocycles. The molecule has 0 aliphatic carbocycles. The van der Waals surface area contributed by atoms with Crippen molar-refractivity contribution in [1.29, 1.82) is 0 Å². The molecule has 0 rings (SSSR count). The molecule has 0 saturated carbocycles. The van der Waals surface area contributed by atoms with Gasteiger partial charge in [0, 0.05) is 12.8 Å². The first kappa shape index (κ1) is 51.4. The van der Waals surface area contributed by atoms with Gasteiger partial charge in [-0.15, -0.1) is 0 Å². The van der Waals surface area contributed by atoms with Gasteiger partial charge in [-0.25, -0.2) is 4.57 Å². The maximum atomic E-state index is 12.6. The lowest BCUT2D eigenvalue weighted by molar-refractivity contribution is -0.161. The van der Waals surface area contributed by atoms with Crippen LogP contribution in [0.2, 0.25) is 0 Å². The lowest BCUT2D eigenvalue weighted by Crippen LogP contribution is -2.29. The van der Waals surface area contributed by atoms with Gasteiger partial charge in [-0.1, -0.05) is 125 Å². The number of rotatable bonds is 36. The van der Waals surface area contributed by atoms with Crippen molar-refractivity contribution in [2.24, 2.45) is 0 Å². The Bertz CT molecular complexity index is 1150.